The minimum absolute atomic E-state index is 0.0971. The first kappa shape index (κ1) is 29.1. The number of benzene rings is 3. The van der Waals surface area contributed by atoms with Crippen molar-refractivity contribution in [2.24, 2.45) is 5.10 Å². The second kappa shape index (κ2) is 13.0. The number of hydrogen-bond acceptors (Lipinski definition) is 7. The highest BCUT2D eigenvalue weighted by atomic mass is 79.9. The lowest BCUT2D eigenvalue weighted by atomic mass is 10.2. The van der Waals surface area contributed by atoms with E-state index in [1.165, 1.54) is 17.0 Å². The molecule has 0 aliphatic heterocycles. The molecule has 10 nitrogen and oxygen atoms in total. The second-order valence-corrected chi connectivity index (χ2v) is 10.7. The molecule has 4 aromatic rings. The van der Waals surface area contributed by atoms with E-state index in [0.29, 0.717) is 34.4 Å². The van der Waals surface area contributed by atoms with Gasteiger partial charge in [0.15, 0.2) is 6.61 Å². The summed E-state index contributed by atoms with van der Waals surface area (Å²) in [5, 5.41) is 19.4. The van der Waals surface area contributed by atoms with Crippen LogP contribution in [0, 0.1) is 17.0 Å². The first-order valence-corrected chi connectivity index (χ1v) is 14.0. The third-order valence-corrected chi connectivity index (χ3v) is 7.04. The molecule has 0 atom stereocenters. The van der Waals surface area contributed by atoms with Crippen molar-refractivity contribution in [2.45, 2.75) is 33.1 Å². The maximum Gasteiger partial charge on any atom is 0.312 e. The molecule has 0 spiro atoms. The fraction of sp³-hybridized carbons (Fsp3) is 0.214. The Balaban J connectivity index is 1.63. The first-order chi connectivity index (χ1) is 19.2. The Bertz CT molecular complexity index is 1690. The van der Waals surface area contributed by atoms with Crippen molar-refractivity contribution in [2.75, 3.05) is 11.9 Å². The summed E-state index contributed by atoms with van der Waals surface area (Å²) in [6.45, 7) is 3.46. The van der Waals surface area contributed by atoms with Gasteiger partial charge in [0.1, 0.15) is 5.82 Å². The van der Waals surface area contributed by atoms with Gasteiger partial charge >= 0.3 is 5.69 Å². The zero-order valence-corrected chi connectivity index (χ0v) is 24.9. The molecule has 0 saturated heterocycles. The van der Waals surface area contributed by atoms with Gasteiger partial charge in [0, 0.05) is 28.2 Å². The van der Waals surface area contributed by atoms with E-state index in [9.17, 15) is 19.7 Å². The first-order valence-electron chi connectivity index (χ1n) is 12.4. The van der Waals surface area contributed by atoms with Gasteiger partial charge < -0.3 is 10.1 Å². The van der Waals surface area contributed by atoms with Gasteiger partial charge in [-0.1, -0.05) is 47.5 Å². The molecule has 0 aliphatic rings. The number of aromatic nitrogens is 2. The molecule has 1 N–H and O–H groups in total. The molecule has 0 saturated carbocycles. The highest BCUT2D eigenvalue weighted by molar-refractivity contribution is 9.10. The third-order valence-electron chi connectivity index (χ3n) is 5.96. The molecule has 1 amide bonds. The predicted octanol–water partition coefficient (Wildman–Crippen LogP) is 6.38. The molecule has 0 radical (unpaired) electrons. The summed E-state index contributed by atoms with van der Waals surface area (Å²) >= 11 is 6.70. The summed E-state index contributed by atoms with van der Waals surface area (Å²) in [6.07, 6.45) is 3.61. The maximum absolute atomic E-state index is 13.3. The number of para-hydroxylation sites is 1. The molecule has 3 aromatic carbocycles. The Hall–Kier alpha value is -3.90. The minimum Gasteiger partial charge on any atom is -0.476 e. The monoisotopic (exact) mass is 669 g/mol. The average Bonchev–Trinajstić information content (AvgIpc) is 2.92. The molecular weight excluding hydrogens is 646 g/mol. The molecular formula is C28H25Br2N5O5. The van der Waals surface area contributed by atoms with Crippen LogP contribution in [0.25, 0.3) is 10.9 Å². The highest BCUT2D eigenvalue weighted by Crippen LogP contribution is 2.36. The molecule has 1 aromatic heterocycles. The molecule has 1 heterocycles. The van der Waals surface area contributed by atoms with E-state index in [1.54, 1.807) is 30.3 Å². The van der Waals surface area contributed by atoms with Crippen LogP contribution in [0.2, 0.25) is 0 Å². The van der Waals surface area contributed by atoms with Crippen molar-refractivity contribution in [1.29, 1.82) is 0 Å². The summed E-state index contributed by atoms with van der Waals surface area (Å²) in [7, 11) is 0. The molecule has 0 fully saturated rings. The van der Waals surface area contributed by atoms with Crippen molar-refractivity contribution >= 4 is 66.3 Å². The van der Waals surface area contributed by atoms with Gasteiger partial charge in [0.05, 0.1) is 26.5 Å². The second-order valence-electron chi connectivity index (χ2n) is 8.91. The van der Waals surface area contributed by atoms with E-state index in [4.69, 9.17) is 4.74 Å². The van der Waals surface area contributed by atoms with E-state index in [-0.39, 0.29) is 21.5 Å². The van der Waals surface area contributed by atoms with Crippen LogP contribution in [0.5, 0.6) is 5.75 Å². The number of aryl methyl sites for hydroxylation is 2. The Kier molecular flexibility index (Phi) is 9.43. The SMILES string of the molecule is CCCCc1nc2ccc(Br)cc2c(=O)n1N=Cc1cc(Br)c(OCC(=O)Nc2ccccc2C)c([N+](=O)[O-])c1. The van der Waals surface area contributed by atoms with Crippen molar-refractivity contribution in [3.63, 3.8) is 0 Å². The summed E-state index contributed by atoms with van der Waals surface area (Å²) in [6, 6.07) is 15.3. The number of nitro benzene ring substituents is 1. The van der Waals surface area contributed by atoms with Crippen molar-refractivity contribution in [3.05, 3.63) is 101 Å². The van der Waals surface area contributed by atoms with E-state index in [0.717, 1.165) is 22.9 Å². The number of unbranched alkanes of at least 4 members (excludes halogenated alkanes) is 1. The Morgan fingerprint density at radius 3 is 2.70 bits per heavy atom. The summed E-state index contributed by atoms with van der Waals surface area (Å²) in [5.41, 5.74) is 1.70. The summed E-state index contributed by atoms with van der Waals surface area (Å²) < 4.78 is 7.76. The average molecular weight is 671 g/mol. The number of amides is 1. The number of fused-ring (bicyclic) bond motifs is 1. The highest BCUT2D eigenvalue weighted by Gasteiger charge is 2.21. The Labute approximate surface area is 246 Å². The number of anilines is 1. The van der Waals surface area contributed by atoms with Crippen LogP contribution < -0.4 is 15.6 Å². The molecule has 12 heteroatoms. The standard InChI is InChI=1S/C28H25Br2N5O5/c1-3-4-9-25-32-23-11-10-19(29)14-20(23)28(37)34(25)31-15-18-12-21(30)27(24(13-18)35(38)39)40-16-26(36)33-22-8-6-5-7-17(22)2/h5-8,10-15H,3-4,9,16H2,1-2H3,(H,33,36). The predicted molar refractivity (Wildman–Crippen MR) is 161 cm³/mol. The lowest BCUT2D eigenvalue weighted by Gasteiger charge is -2.11. The number of ether oxygens (including phenoxy) is 1. The summed E-state index contributed by atoms with van der Waals surface area (Å²) in [5.74, 6) is -0.0678. The van der Waals surface area contributed by atoms with Gasteiger partial charge in [-0.3, -0.25) is 19.7 Å². The lowest BCUT2D eigenvalue weighted by molar-refractivity contribution is -0.385. The van der Waals surface area contributed by atoms with Gasteiger partial charge in [0.2, 0.25) is 5.75 Å². The Morgan fingerprint density at radius 1 is 1.20 bits per heavy atom. The maximum atomic E-state index is 13.3. The topological polar surface area (TPSA) is 129 Å². The fourth-order valence-corrected chi connectivity index (χ4v) is 4.87. The zero-order chi connectivity index (χ0) is 28.8. The van der Waals surface area contributed by atoms with Gasteiger partial charge in [-0.15, -0.1) is 0 Å². The molecule has 206 valence electrons. The third kappa shape index (κ3) is 6.80. The zero-order valence-electron chi connectivity index (χ0n) is 21.7. The van der Waals surface area contributed by atoms with Gasteiger partial charge in [-0.2, -0.15) is 9.78 Å². The van der Waals surface area contributed by atoms with Crippen molar-refractivity contribution < 1.29 is 14.5 Å². The normalized spacial score (nSPS) is 11.2. The number of halogens is 2. The van der Waals surface area contributed by atoms with Crippen LogP contribution >= 0.6 is 31.9 Å². The van der Waals surface area contributed by atoms with E-state index in [2.05, 4.69) is 47.3 Å². The molecule has 0 aliphatic carbocycles. The van der Waals surface area contributed by atoms with Crippen LogP contribution in [0.3, 0.4) is 0 Å². The number of nitrogens with zero attached hydrogens (tertiary/aromatic N) is 4. The van der Waals surface area contributed by atoms with Crippen molar-refractivity contribution in [3.8, 4) is 5.75 Å². The van der Waals surface area contributed by atoms with Gasteiger partial charge in [-0.05, 0) is 65.2 Å². The number of nitro groups is 1. The largest absolute Gasteiger partial charge is 0.476 e. The summed E-state index contributed by atoms with van der Waals surface area (Å²) in [4.78, 5) is 41.6. The van der Waals surface area contributed by atoms with Crippen LogP contribution in [0.15, 0.2) is 73.4 Å². The number of hydrogen-bond donors (Lipinski definition) is 1. The number of nitrogens with one attached hydrogen (secondary N) is 1. The van der Waals surface area contributed by atoms with E-state index < -0.39 is 17.4 Å². The molecule has 0 unspecified atom stereocenters. The number of carbonyl (C=O) groups excluding carboxylic acids is 1. The van der Waals surface area contributed by atoms with Crippen LogP contribution in [-0.2, 0) is 11.2 Å². The van der Waals surface area contributed by atoms with E-state index >= 15 is 0 Å². The van der Waals surface area contributed by atoms with Crippen LogP contribution in [0.4, 0.5) is 11.4 Å². The molecule has 40 heavy (non-hydrogen) atoms. The van der Waals surface area contributed by atoms with Gasteiger partial charge in [-0.25, -0.2) is 4.98 Å². The van der Waals surface area contributed by atoms with Gasteiger partial charge in [0.25, 0.3) is 11.5 Å². The molecule has 4 rings (SSSR count). The number of rotatable bonds is 10. The fourth-order valence-electron chi connectivity index (χ4n) is 3.92. The number of carbonyl (C=O) groups is 1. The lowest BCUT2D eigenvalue weighted by Crippen LogP contribution is -2.22. The minimum atomic E-state index is -0.607. The van der Waals surface area contributed by atoms with Crippen LogP contribution in [-0.4, -0.2) is 33.3 Å². The molecule has 0 bridgehead atoms. The smallest absolute Gasteiger partial charge is 0.312 e. The quantitative estimate of drug-likeness (QED) is 0.118. The Morgan fingerprint density at radius 2 is 1.98 bits per heavy atom. The van der Waals surface area contributed by atoms with E-state index in [1.807, 2.05) is 32.0 Å². The van der Waals surface area contributed by atoms with Crippen LogP contribution in [0.1, 0.15) is 36.7 Å². The van der Waals surface area contributed by atoms with Crippen molar-refractivity contribution in [1.82, 2.24) is 9.66 Å².